The number of benzene rings is 1. The van der Waals surface area contributed by atoms with E-state index in [1.165, 1.54) is 11.1 Å². The van der Waals surface area contributed by atoms with Gasteiger partial charge in [0.1, 0.15) is 0 Å². The van der Waals surface area contributed by atoms with Crippen molar-refractivity contribution in [3.63, 3.8) is 0 Å². The molecule has 0 aromatic heterocycles. The molecule has 0 heterocycles. The molecule has 1 heteroatoms. The van der Waals surface area contributed by atoms with Crippen LogP contribution in [0.25, 0.3) is 6.08 Å². The molecular formula is C13H19N. The van der Waals surface area contributed by atoms with Crippen molar-refractivity contribution in [2.24, 2.45) is 11.7 Å². The molecule has 1 aromatic rings. The molecule has 1 nitrogen and oxygen atoms in total. The fourth-order valence-electron chi connectivity index (χ4n) is 1.43. The van der Waals surface area contributed by atoms with E-state index in [0.29, 0.717) is 5.92 Å². The molecular weight excluding hydrogens is 170 g/mol. The zero-order valence-electron chi connectivity index (χ0n) is 9.03. The highest BCUT2D eigenvalue weighted by Gasteiger charge is 2.02. The summed E-state index contributed by atoms with van der Waals surface area (Å²) in [5, 5.41) is 0. The van der Waals surface area contributed by atoms with Crippen LogP contribution in [0.5, 0.6) is 0 Å². The Kier molecular flexibility index (Phi) is 4.41. The van der Waals surface area contributed by atoms with Gasteiger partial charge in [-0.15, -0.1) is 0 Å². The summed E-state index contributed by atoms with van der Waals surface area (Å²) in [4.78, 5) is 0. The number of hydrogen-bond donors (Lipinski definition) is 1. The quantitative estimate of drug-likeness (QED) is 0.774. The first kappa shape index (κ1) is 11.0. The molecule has 0 aliphatic rings. The second kappa shape index (κ2) is 5.61. The summed E-state index contributed by atoms with van der Waals surface area (Å²) in [6.45, 7) is 5.16. The summed E-state index contributed by atoms with van der Waals surface area (Å²) in [6.07, 6.45) is 3.30. The van der Waals surface area contributed by atoms with Crippen LogP contribution in [0.4, 0.5) is 0 Å². The SMILES string of the molecule is C/C(=C\c1ccccc1)C(C)CCN. The van der Waals surface area contributed by atoms with Gasteiger partial charge < -0.3 is 5.73 Å². The largest absolute Gasteiger partial charge is 0.330 e. The van der Waals surface area contributed by atoms with Crippen LogP contribution < -0.4 is 5.73 Å². The Bertz CT molecular complexity index is 287. The molecule has 0 radical (unpaired) electrons. The van der Waals surface area contributed by atoms with Crippen molar-refractivity contribution in [2.45, 2.75) is 20.3 Å². The number of hydrogen-bond acceptors (Lipinski definition) is 1. The van der Waals surface area contributed by atoms with E-state index in [-0.39, 0.29) is 0 Å². The van der Waals surface area contributed by atoms with Gasteiger partial charge in [-0.3, -0.25) is 0 Å². The topological polar surface area (TPSA) is 26.0 Å². The highest BCUT2D eigenvalue weighted by atomic mass is 14.5. The second-order valence-corrected chi connectivity index (χ2v) is 3.78. The van der Waals surface area contributed by atoms with Crippen LogP contribution in [-0.2, 0) is 0 Å². The summed E-state index contributed by atoms with van der Waals surface area (Å²) in [7, 11) is 0. The van der Waals surface area contributed by atoms with Gasteiger partial charge in [0.05, 0.1) is 0 Å². The lowest BCUT2D eigenvalue weighted by molar-refractivity contribution is 0.626. The molecule has 0 saturated carbocycles. The molecule has 0 bridgehead atoms. The smallest absolute Gasteiger partial charge is 0.00717 e. The van der Waals surface area contributed by atoms with E-state index in [4.69, 9.17) is 5.73 Å². The third-order valence-electron chi connectivity index (χ3n) is 2.57. The van der Waals surface area contributed by atoms with Crippen molar-refractivity contribution in [2.75, 3.05) is 6.54 Å². The molecule has 1 rings (SSSR count). The monoisotopic (exact) mass is 189 g/mol. The number of rotatable bonds is 4. The summed E-state index contributed by atoms with van der Waals surface area (Å²) in [5.74, 6) is 0.584. The van der Waals surface area contributed by atoms with Crippen molar-refractivity contribution in [1.29, 1.82) is 0 Å². The average molecular weight is 189 g/mol. The predicted molar refractivity (Wildman–Crippen MR) is 62.9 cm³/mol. The van der Waals surface area contributed by atoms with E-state index in [0.717, 1.165) is 13.0 Å². The Labute approximate surface area is 86.6 Å². The van der Waals surface area contributed by atoms with Gasteiger partial charge in [0.15, 0.2) is 0 Å². The molecule has 0 aliphatic heterocycles. The lowest BCUT2D eigenvalue weighted by atomic mass is 9.97. The Balaban J connectivity index is 2.68. The molecule has 1 atom stereocenters. The van der Waals surface area contributed by atoms with E-state index >= 15 is 0 Å². The van der Waals surface area contributed by atoms with Crippen molar-refractivity contribution in [1.82, 2.24) is 0 Å². The lowest BCUT2D eigenvalue weighted by Crippen LogP contribution is -2.06. The van der Waals surface area contributed by atoms with Crippen molar-refractivity contribution in [3.05, 3.63) is 41.5 Å². The Hall–Kier alpha value is -1.08. The van der Waals surface area contributed by atoms with Gasteiger partial charge in [0, 0.05) is 0 Å². The van der Waals surface area contributed by atoms with Gasteiger partial charge in [-0.2, -0.15) is 0 Å². The maximum absolute atomic E-state index is 5.53. The zero-order valence-corrected chi connectivity index (χ0v) is 9.03. The molecule has 1 aromatic carbocycles. The Morgan fingerprint density at radius 1 is 1.36 bits per heavy atom. The van der Waals surface area contributed by atoms with E-state index in [1.807, 2.05) is 6.07 Å². The van der Waals surface area contributed by atoms with Crippen LogP contribution in [0.3, 0.4) is 0 Å². The zero-order chi connectivity index (χ0) is 10.4. The highest BCUT2D eigenvalue weighted by molar-refractivity contribution is 5.52. The average Bonchev–Trinajstić information content (AvgIpc) is 2.19. The number of nitrogens with two attached hydrogens (primary N) is 1. The third-order valence-corrected chi connectivity index (χ3v) is 2.57. The molecule has 0 saturated heterocycles. The second-order valence-electron chi connectivity index (χ2n) is 3.78. The lowest BCUT2D eigenvalue weighted by Gasteiger charge is -2.10. The van der Waals surface area contributed by atoms with Gasteiger partial charge in [-0.25, -0.2) is 0 Å². The van der Waals surface area contributed by atoms with Crippen molar-refractivity contribution >= 4 is 6.08 Å². The molecule has 1 unspecified atom stereocenters. The van der Waals surface area contributed by atoms with E-state index in [9.17, 15) is 0 Å². The van der Waals surface area contributed by atoms with Crippen LogP contribution in [0.1, 0.15) is 25.8 Å². The Morgan fingerprint density at radius 3 is 2.57 bits per heavy atom. The predicted octanol–water partition coefficient (Wildman–Crippen LogP) is 3.07. The highest BCUT2D eigenvalue weighted by Crippen LogP contribution is 2.16. The molecule has 0 aliphatic carbocycles. The first-order chi connectivity index (χ1) is 6.74. The fraction of sp³-hybridized carbons (Fsp3) is 0.385. The standard InChI is InChI=1S/C13H19N/c1-11(8-9-14)12(2)10-13-6-4-3-5-7-13/h3-7,10-11H,8-9,14H2,1-2H3/b12-10+. The Morgan fingerprint density at radius 2 is 2.00 bits per heavy atom. The molecule has 14 heavy (non-hydrogen) atoms. The van der Waals surface area contributed by atoms with Crippen LogP contribution in [0.15, 0.2) is 35.9 Å². The first-order valence-electron chi connectivity index (χ1n) is 5.17. The van der Waals surface area contributed by atoms with E-state index in [1.54, 1.807) is 0 Å². The van der Waals surface area contributed by atoms with Gasteiger partial charge in [-0.1, -0.05) is 48.9 Å². The summed E-state index contributed by atoms with van der Waals surface area (Å²) < 4.78 is 0. The summed E-state index contributed by atoms with van der Waals surface area (Å²) >= 11 is 0. The van der Waals surface area contributed by atoms with Gasteiger partial charge in [0.2, 0.25) is 0 Å². The normalized spacial score (nSPS) is 14.1. The van der Waals surface area contributed by atoms with Crippen LogP contribution in [0, 0.1) is 5.92 Å². The van der Waals surface area contributed by atoms with Crippen LogP contribution in [0.2, 0.25) is 0 Å². The van der Waals surface area contributed by atoms with Gasteiger partial charge in [-0.05, 0) is 31.4 Å². The molecule has 0 spiro atoms. The van der Waals surface area contributed by atoms with Gasteiger partial charge >= 0.3 is 0 Å². The minimum atomic E-state index is 0.584. The first-order valence-corrected chi connectivity index (χ1v) is 5.17. The van der Waals surface area contributed by atoms with Crippen LogP contribution in [-0.4, -0.2) is 6.54 Å². The number of allylic oxidation sites excluding steroid dienone is 1. The third kappa shape index (κ3) is 3.35. The summed E-state index contributed by atoms with van der Waals surface area (Å²) in [5.41, 5.74) is 8.21. The van der Waals surface area contributed by atoms with Crippen molar-refractivity contribution < 1.29 is 0 Å². The maximum atomic E-state index is 5.53. The van der Waals surface area contributed by atoms with E-state index < -0.39 is 0 Å². The fourth-order valence-corrected chi connectivity index (χ4v) is 1.43. The molecule has 2 N–H and O–H groups in total. The van der Waals surface area contributed by atoms with Crippen molar-refractivity contribution in [3.8, 4) is 0 Å². The summed E-state index contributed by atoms with van der Waals surface area (Å²) in [6, 6.07) is 10.4. The minimum Gasteiger partial charge on any atom is -0.330 e. The molecule has 76 valence electrons. The maximum Gasteiger partial charge on any atom is -0.00717 e. The molecule has 0 amide bonds. The van der Waals surface area contributed by atoms with Crippen LogP contribution >= 0.6 is 0 Å². The molecule has 0 fully saturated rings. The van der Waals surface area contributed by atoms with E-state index in [2.05, 4.69) is 44.2 Å². The minimum absolute atomic E-state index is 0.584. The van der Waals surface area contributed by atoms with Gasteiger partial charge in [0.25, 0.3) is 0 Å².